The fourth-order valence-electron chi connectivity index (χ4n) is 3.62. The number of nitrogens with zero attached hydrogens (tertiary/aromatic N) is 1. The maximum Gasteiger partial charge on any atom is 0.282 e. The van der Waals surface area contributed by atoms with Crippen molar-refractivity contribution in [1.82, 2.24) is 0 Å². The van der Waals surface area contributed by atoms with Gasteiger partial charge in [-0.1, -0.05) is 30.3 Å². The molecule has 0 aromatic heterocycles. The van der Waals surface area contributed by atoms with Crippen molar-refractivity contribution in [3.63, 3.8) is 0 Å². The van der Waals surface area contributed by atoms with Gasteiger partial charge in [0.15, 0.2) is 16.4 Å². The van der Waals surface area contributed by atoms with E-state index in [4.69, 9.17) is 0 Å². The quantitative estimate of drug-likeness (QED) is 0.694. The molecule has 2 atom stereocenters. The topological polar surface area (TPSA) is 58.9 Å². The maximum absolute atomic E-state index is 13.1. The van der Waals surface area contributed by atoms with E-state index in [0.717, 1.165) is 17.1 Å². The van der Waals surface area contributed by atoms with E-state index in [-0.39, 0.29) is 23.5 Å². The number of carbonyl (C=O) groups is 1. The molecule has 150 valence electrons. The largest absolute Gasteiger partial charge is 0.326 e. The predicted molar refractivity (Wildman–Crippen MR) is 115 cm³/mol. The van der Waals surface area contributed by atoms with Crippen molar-refractivity contribution in [2.24, 2.45) is 0 Å². The van der Waals surface area contributed by atoms with Crippen LogP contribution in [0.4, 0.5) is 5.69 Å². The van der Waals surface area contributed by atoms with Gasteiger partial charge in [-0.2, -0.15) is 0 Å². The number of anilines is 1. The van der Waals surface area contributed by atoms with Crippen LogP contribution in [0, 0.1) is 0 Å². The number of hydrogen-bond donors (Lipinski definition) is 1. The molecule has 28 heavy (non-hydrogen) atoms. The molecule has 7 heteroatoms. The van der Waals surface area contributed by atoms with E-state index in [1.54, 1.807) is 16.7 Å². The van der Waals surface area contributed by atoms with Gasteiger partial charge >= 0.3 is 0 Å². The Labute approximate surface area is 171 Å². The number of benzene rings is 2. The summed E-state index contributed by atoms with van der Waals surface area (Å²) in [7, 11) is -1.07. The van der Waals surface area contributed by atoms with Crippen LogP contribution < -0.4 is 9.80 Å². The van der Waals surface area contributed by atoms with Crippen LogP contribution in [-0.4, -0.2) is 51.7 Å². The molecule has 0 bridgehead atoms. The average Bonchev–Trinajstić information content (AvgIpc) is 3.02. The zero-order chi connectivity index (χ0) is 20.1. The average molecular weight is 420 g/mol. The maximum atomic E-state index is 13.1. The Bertz CT molecular complexity index is 899. The predicted octanol–water partition coefficient (Wildman–Crippen LogP) is 1.64. The molecule has 1 unspecified atom stereocenters. The van der Waals surface area contributed by atoms with Crippen molar-refractivity contribution in [2.75, 3.05) is 36.3 Å². The number of para-hydroxylation sites is 1. The molecule has 1 aliphatic heterocycles. The van der Waals surface area contributed by atoms with Crippen molar-refractivity contribution in [2.45, 2.75) is 23.9 Å². The minimum absolute atomic E-state index is 0.0356. The van der Waals surface area contributed by atoms with Gasteiger partial charge in [-0.3, -0.25) is 4.79 Å². The van der Waals surface area contributed by atoms with Gasteiger partial charge in [-0.15, -0.1) is 11.8 Å². The smallest absolute Gasteiger partial charge is 0.282 e. The number of sulfone groups is 1. The summed E-state index contributed by atoms with van der Waals surface area (Å²) < 4.78 is 23.9. The van der Waals surface area contributed by atoms with Gasteiger partial charge in [0, 0.05) is 16.1 Å². The number of thioether (sulfide) groups is 1. The number of hydrogen-bond acceptors (Lipinski definition) is 4. The van der Waals surface area contributed by atoms with E-state index in [1.807, 2.05) is 43.6 Å². The molecule has 0 radical (unpaired) electrons. The molecule has 3 rings (SSSR count). The molecule has 2 aromatic rings. The number of quaternary nitrogens is 1. The molecular weight excluding hydrogens is 392 g/mol. The summed E-state index contributed by atoms with van der Waals surface area (Å²) in [5.74, 6) is 0.160. The Kier molecular flexibility index (Phi) is 6.80. The molecule has 1 N–H and O–H groups in total. The third-order valence-electron chi connectivity index (χ3n) is 4.99. The Balaban J connectivity index is 1.71. The first-order valence-electron chi connectivity index (χ1n) is 9.40. The highest BCUT2D eigenvalue weighted by Crippen LogP contribution is 2.24. The number of amides is 1. The van der Waals surface area contributed by atoms with Crippen molar-refractivity contribution in [3.8, 4) is 0 Å². The highest BCUT2D eigenvalue weighted by Gasteiger charge is 2.36. The van der Waals surface area contributed by atoms with Gasteiger partial charge in [-0.25, -0.2) is 8.42 Å². The van der Waals surface area contributed by atoms with E-state index in [1.165, 1.54) is 10.5 Å². The third-order valence-corrected chi connectivity index (χ3v) is 7.49. The minimum Gasteiger partial charge on any atom is -0.326 e. The standard InChI is InChI=1S/C21H26N2O3S2/c1-22(14-17-8-10-20(27-2)11-9-17)15-21(24)23(18-6-4-3-5-7-18)19-12-13-28(25,26)16-19/h3-11,19H,12-16H2,1-2H3/p+1/t19-/m1/s1. The van der Waals surface area contributed by atoms with Gasteiger partial charge in [0.25, 0.3) is 5.91 Å². The van der Waals surface area contributed by atoms with Crippen LogP contribution in [0.1, 0.15) is 12.0 Å². The van der Waals surface area contributed by atoms with Crippen molar-refractivity contribution < 1.29 is 18.1 Å². The fraction of sp³-hybridized carbons (Fsp3) is 0.381. The SMILES string of the molecule is CSc1ccc(C[NH+](C)CC(=O)N(c2ccccc2)[C@@H]2CCS(=O)(=O)C2)cc1. The van der Waals surface area contributed by atoms with Crippen LogP contribution in [0.2, 0.25) is 0 Å². The van der Waals surface area contributed by atoms with Crippen LogP contribution in [-0.2, 0) is 21.2 Å². The summed E-state index contributed by atoms with van der Waals surface area (Å²) in [6.07, 6.45) is 2.55. The van der Waals surface area contributed by atoms with E-state index in [0.29, 0.717) is 13.0 Å². The van der Waals surface area contributed by atoms with Crippen molar-refractivity contribution in [3.05, 3.63) is 60.2 Å². The normalized spacial score (nSPS) is 19.3. The van der Waals surface area contributed by atoms with Crippen LogP contribution in [0.15, 0.2) is 59.5 Å². The second kappa shape index (κ2) is 9.11. The molecular formula is C21H27N2O3S2+. The number of rotatable bonds is 7. The molecule has 0 saturated carbocycles. The van der Waals surface area contributed by atoms with E-state index < -0.39 is 9.84 Å². The first kappa shape index (κ1) is 20.9. The summed E-state index contributed by atoms with van der Waals surface area (Å²) in [6, 6.07) is 17.5. The van der Waals surface area contributed by atoms with Gasteiger partial charge in [0.05, 0.1) is 24.6 Å². The summed E-state index contributed by atoms with van der Waals surface area (Å²) in [5.41, 5.74) is 1.95. The third kappa shape index (κ3) is 5.37. The van der Waals surface area contributed by atoms with Gasteiger partial charge in [-0.05, 0) is 36.9 Å². The van der Waals surface area contributed by atoms with Crippen LogP contribution >= 0.6 is 11.8 Å². The molecule has 2 aromatic carbocycles. The Morgan fingerprint density at radius 3 is 2.39 bits per heavy atom. The highest BCUT2D eigenvalue weighted by atomic mass is 32.2. The van der Waals surface area contributed by atoms with Gasteiger partial charge < -0.3 is 9.80 Å². The van der Waals surface area contributed by atoms with Crippen LogP contribution in [0.5, 0.6) is 0 Å². The number of carbonyl (C=O) groups excluding carboxylic acids is 1. The summed E-state index contributed by atoms with van der Waals surface area (Å²) in [6.45, 7) is 1.06. The molecule has 5 nitrogen and oxygen atoms in total. The van der Waals surface area contributed by atoms with Gasteiger partial charge in [0.1, 0.15) is 6.54 Å². The number of likely N-dealkylation sites (N-methyl/N-ethyl adjacent to an activating group) is 1. The molecule has 1 heterocycles. The summed E-state index contributed by atoms with van der Waals surface area (Å²) in [4.78, 5) is 17.1. The molecule has 1 saturated heterocycles. The lowest BCUT2D eigenvalue weighted by Gasteiger charge is -2.29. The zero-order valence-electron chi connectivity index (χ0n) is 16.3. The molecule has 1 amide bonds. The lowest BCUT2D eigenvalue weighted by molar-refractivity contribution is -0.885. The number of nitrogens with one attached hydrogen (secondary N) is 1. The fourth-order valence-corrected chi connectivity index (χ4v) is 5.73. The second-order valence-corrected chi connectivity index (χ2v) is 10.4. The van der Waals surface area contributed by atoms with E-state index >= 15 is 0 Å². The monoisotopic (exact) mass is 419 g/mol. The summed E-state index contributed by atoms with van der Waals surface area (Å²) >= 11 is 1.71. The molecule has 1 fully saturated rings. The summed E-state index contributed by atoms with van der Waals surface area (Å²) in [5, 5.41) is 0. The Morgan fingerprint density at radius 2 is 1.82 bits per heavy atom. The molecule has 1 aliphatic rings. The highest BCUT2D eigenvalue weighted by molar-refractivity contribution is 7.98. The lowest BCUT2D eigenvalue weighted by atomic mass is 10.1. The van der Waals surface area contributed by atoms with Crippen molar-refractivity contribution >= 4 is 33.2 Å². The zero-order valence-corrected chi connectivity index (χ0v) is 17.9. The van der Waals surface area contributed by atoms with Gasteiger partial charge in [0.2, 0.25) is 0 Å². The lowest BCUT2D eigenvalue weighted by Crippen LogP contribution is -3.09. The molecule has 0 spiro atoms. The van der Waals surface area contributed by atoms with Crippen molar-refractivity contribution in [1.29, 1.82) is 0 Å². The Hall–Kier alpha value is -1.83. The molecule has 0 aliphatic carbocycles. The first-order valence-corrected chi connectivity index (χ1v) is 12.4. The van der Waals surface area contributed by atoms with E-state index in [9.17, 15) is 13.2 Å². The van der Waals surface area contributed by atoms with Crippen LogP contribution in [0.3, 0.4) is 0 Å². The first-order chi connectivity index (χ1) is 13.4. The van der Waals surface area contributed by atoms with E-state index in [2.05, 4.69) is 24.3 Å². The van der Waals surface area contributed by atoms with Crippen LogP contribution in [0.25, 0.3) is 0 Å². The second-order valence-electron chi connectivity index (χ2n) is 7.31. The minimum atomic E-state index is -3.07. The Morgan fingerprint density at radius 1 is 1.14 bits per heavy atom.